The minimum absolute atomic E-state index is 0.00242. The first-order valence-electron chi connectivity index (χ1n) is 10.6. The average molecular weight is 417 g/mol. The van der Waals surface area contributed by atoms with Crippen molar-refractivity contribution in [2.75, 3.05) is 24.4 Å². The standard InChI is InChI=1S/C22H32N4O4/c1-6-14(4)21(27)25-18-17-10-15(24-13(2)3)11-23-20(17)26(19(18)22(28)29-5)12-16-8-7-9-30-16/h10-11,13-14,16,24H,6-9,12H2,1-5H3,(H,25,27)/t14-,16-/m0/s1. The van der Waals surface area contributed by atoms with Gasteiger partial charge >= 0.3 is 5.97 Å². The number of anilines is 2. The summed E-state index contributed by atoms with van der Waals surface area (Å²) in [5, 5.41) is 7.01. The summed E-state index contributed by atoms with van der Waals surface area (Å²) in [5.74, 6) is -0.832. The predicted octanol–water partition coefficient (Wildman–Crippen LogP) is 3.81. The number of aromatic nitrogens is 2. The van der Waals surface area contributed by atoms with Gasteiger partial charge in [-0.3, -0.25) is 4.79 Å². The van der Waals surface area contributed by atoms with Gasteiger partial charge in [-0.05, 0) is 39.2 Å². The summed E-state index contributed by atoms with van der Waals surface area (Å²) in [6.45, 7) is 9.09. The first-order valence-corrected chi connectivity index (χ1v) is 10.6. The summed E-state index contributed by atoms with van der Waals surface area (Å²) in [6, 6.07) is 2.14. The third-order valence-corrected chi connectivity index (χ3v) is 5.45. The second kappa shape index (κ2) is 9.47. The Hall–Kier alpha value is -2.61. The van der Waals surface area contributed by atoms with E-state index in [9.17, 15) is 9.59 Å². The monoisotopic (exact) mass is 416 g/mol. The van der Waals surface area contributed by atoms with Gasteiger partial charge in [0.2, 0.25) is 5.91 Å². The zero-order chi connectivity index (χ0) is 21.8. The zero-order valence-corrected chi connectivity index (χ0v) is 18.4. The van der Waals surface area contributed by atoms with Gasteiger partial charge in [-0.25, -0.2) is 9.78 Å². The van der Waals surface area contributed by atoms with E-state index >= 15 is 0 Å². The van der Waals surface area contributed by atoms with Crippen molar-refractivity contribution in [2.24, 2.45) is 5.92 Å². The smallest absolute Gasteiger partial charge is 0.356 e. The molecule has 2 aromatic rings. The number of esters is 1. The van der Waals surface area contributed by atoms with Crippen LogP contribution in [-0.2, 0) is 20.8 Å². The van der Waals surface area contributed by atoms with Crippen LogP contribution in [0.3, 0.4) is 0 Å². The molecule has 2 atom stereocenters. The Morgan fingerprint density at radius 2 is 2.13 bits per heavy atom. The fraction of sp³-hybridized carbons (Fsp3) is 0.591. The minimum Gasteiger partial charge on any atom is -0.464 e. The molecule has 0 aliphatic carbocycles. The van der Waals surface area contributed by atoms with Gasteiger partial charge in [-0.15, -0.1) is 0 Å². The van der Waals surface area contributed by atoms with Crippen LogP contribution in [0.1, 0.15) is 57.4 Å². The van der Waals surface area contributed by atoms with Crippen LogP contribution in [0.5, 0.6) is 0 Å². The number of methoxy groups -OCH3 is 1. The molecular formula is C22H32N4O4. The highest BCUT2D eigenvalue weighted by molar-refractivity contribution is 6.11. The number of pyridine rings is 1. The first-order chi connectivity index (χ1) is 14.3. The maximum absolute atomic E-state index is 12.8. The van der Waals surface area contributed by atoms with Crippen LogP contribution >= 0.6 is 0 Å². The lowest BCUT2D eigenvalue weighted by Crippen LogP contribution is -2.23. The SMILES string of the molecule is CC[C@H](C)C(=O)Nc1c(C(=O)OC)n(C[C@@H]2CCCO2)c2ncc(NC(C)C)cc12. The zero-order valence-electron chi connectivity index (χ0n) is 18.4. The van der Waals surface area contributed by atoms with Crippen molar-refractivity contribution in [3.8, 4) is 0 Å². The minimum atomic E-state index is -0.510. The lowest BCUT2D eigenvalue weighted by molar-refractivity contribution is -0.119. The van der Waals surface area contributed by atoms with Crippen LogP contribution in [0.4, 0.5) is 11.4 Å². The molecule has 3 heterocycles. The van der Waals surface area contributed by atoms with Crippen LogP contribution in [0, 0.1) is 5.92 Å². The Bertz CT molecular complexity index is 915. The Labute approximate surface area is 177 Å². The van der Waals surface area contributed by atoms with Crippen molar-refractivity contribution in [3.63, 3.8) is 0 Å². The number of carbonyl (C=O) groups is 2. The fourth-order valence-electron chi connectivity index (χ4n) is 3.67. The summed E-state index contributed by atoms with van der Waals surface area (Å²) in [7, 11) is 1.34. The van der Waals surface area contributed by atoms with Crippen molar-refractivity contribution in [2.45, 2.75) is 65.6 Å². The number of carbonyl (C=O) groups excluding carboxylic acids is 2. The Morgan fingerprint density at radius 1 is 1.37 bits per heavy atom. The Morgan fingerprint density at radius 3 is 2.73 bits per heavy atom. The summed E-state index contributed by atoms with van der Waals surface area (Å²) >= 11 is 0. The third-order valence-electron chi connectivity index (χ3n) is 5.45. The maximum atomic E-state index is 12.8. The van der Waals surface area contributed by atoms with E-state index in [1.165, 1.54) is 7.11 Å². The molecule has 0 saturated carbocycles. The molecule has 2 aromatic heterocycles. The third kappa shape index (κ3) is 4.59. The van der Waals surface area contributed by atoms with Crippen LogP contribution in [-0.4, -0.2) is 47.3 Å². The molecule has 1 amide bonds. The number of hydrogen-bond acceptors (Lipinski definition) is 6. The second-order valence-corrected chi connectivity index (χ2v) is 8.15. The highest BCUT2D eigenvalue weighted by atomic mass is 16.5. The number of fused-ring (bicyclic) bond motifs is 1. The molecule has 1 aliphatic rings. The quantitative estimate of drug-likeness (QED) is 0.636. The maximum Gasteiger partial charge on any atom is 0.356 e. The predicted molar refractivity (Wildman–Crippen MR) is 117 cm³/mol. The molecule has 164 valence electrons. The molecular weight excluding hydrogens is 384 g/mol. The van der Waals surface area contributed by atoms with Crippen LogP contribution in [0.25, 0.3) is 11.0 Å². The molecule has 3 rings (SSSR count). The van der Waals surface area contributed by atoms with Crippen LogP contribution in [0.2, 0.25) is 0 Å². The molecule has 2 N–H and O–H groups in total. The molecule has 0 radical (unpaired) electrons. The van der Waals surface area contributed by atoms with Crippen molar-refractivity contribution in [1.29, 1.82) is 0 Å². The largest absolute Gasteiger partial charge is 0.464 e. The number of rotatable bonds is 8. The molecule has 1 fully saturated rings. The fourth-order valence-corrected chi connectivity index (χ4v) is 3.67. The van der Waals surface area contributed by atoms with Crippen molar-refractivity contribution in [1.82, 2.24) is 9.55 Å². The summed E-state index contributed by atoms with van der Waals surface area (Å²) < 4.78 is 12.7. The summed E-state index contributed by atoms with van der Waals surface area (Å²) in [5.41, 5.74) is 2.19. The number of hydrogen-bond donors (Lipinski definition) is 2. The summed E-state index contributed by atoms with van der Waals surface area (Å²) in [6.07, 6.45) is 4.35. The van der Waals surface area contributed by atoms with Crippen molar-refractivity contribution >= 4 is 34.3 Å². The van der Waals surface area contributed by atoms with Gasteiger partial charge in [0.1, 0.15) is 5.65 Å². The highest BCUT2D eigenvalue weighted by Gasteiger charge is 2.29. The van der Waals surface area contributed by atoms with Gasteiger partial charge in [-0.1, -0.05) is 13.8 Å². The van der Waals surface area contributed by atoms with E-state index in [4.69, 9.17) is 9.47 Å². The Balaban J connectivity index is 2.17. The second-order valence-electron chi connectivity index (χ2n) is 8.15. The van der Waals surface area contributed by atoms with Gasteiger partial charge < -0.3 is 24.7 Å². The van der Waals surface area contributed by atoms with Crippen molar-refractivity contribution in [3.05, 3.63) is 18.0 Å². The molecule has 0 aromatic carbocycles. The van der Waals surface area contributed by atoms with E-state index < -0.39 is 5.97 Å². The van der Waals surface area contributed by atoms with E-state index in [2.05, 4.69) is 15.6 Å². The lowest BCUT2D eigenvalue weighted by Gasteiger charge is -2.15. The molecule has 30 heavy (non-hydrogen) atoms. The van der Waals surface area contributed by atoms with E-state index in [0.29, 0.717) is 42.0 Å². The molecule has 0 bridgehead atoms. The number of ether oxygens (including phenoxy) is 2. The van der Waals surface area contributed by atoms with Gasteiger partial charge in [0.25, 0.3) is 0 Å². The van der Waals surface area contributed by atoms with Crippen molar-refractivity contribution < 1.29 is 19.1 Å². The molecule has 8 nitrogen and oxygen atoms in total. The van der Waals surface area contributed by atoms with Gasteiger partial charge in [0, 0.05) is 24.0 Å². The number of nitrogens with zero attached hydrogens (tertiary/aromatic N) is 2. The number of amides is 1. The van der Waals surface area contributed by atoms with Gasteiger partial charge in [0.05, 0.1) is 37.3 Å². The van der Waals surface area contributed by atoms with Crippen LogP contribution in [0.15, 0.2) is 12.3 Å². The molecule has 1 saturated heterocycles. The lowest BCUT2D eigenvalue weighted by atomic mass is 10.1. The number of nitrogens with one attached hydrogen (secondary N) is 2. The normalized spacial score (nSPS) is 17.3. The average Bonchev–Trinajstić information content (AvgIpc) is 3.33. The molecule has 0 unspecified atom stereocenters. The molecule has 8 heteroatoms. The topological polar surface area (TPSA) is 94.5 Å². The molecule has 0 spiro atoms. The highest BCUT2D eigenvalue weighted by Crippen LogP contribution is 2.34. The van der Waals surface area contributed by atoms with E-state index in [1.807, 2.05) is 38.3 Å². The first kappa shape index (κ1) is 22.1. The van der Waals surface area contributed by atoms with E-state index in [0.717, 1.165) is 18.5 Å². The summed E-state index contributed by atoms with van der Waals surface area (Å²) in [4.78, 5) is 30.2. The van der Waals surface area contributed by atoms with E-state index in [1.54, 1.807) is 6.20 Å². The van der Waals surface area contributed by atoms with E-state index in [-0.39, 0.29) is 24.0 Å². The van der Waals surface area contributed by atoms with Gasteiger partial charge in [0.15, 0.2) is 5.69 Å². The van der Waals surface area contributed by atoms with Gasteiger partial charge in [-0.2, -0.15) is 0 Å². The van der Waals surface area contributed by atoms with Crippen LogP contribution < -0.4 is 10.6 Å². The molecule has 1 aliphatic heterocycles. The Kier molecular flexibility index (Phi) is 6.97.